The van der Waals surface area contributed by atoms with E-state index in [9.17, 15) is 28.8 Å². The van der Waals surface area contributed by atoms with E-state index in [1.807, 2.05) is 11.0 Å². The van der Waals surface area contributed by atoms with Crippen molar-refractivity contribution in [2.45, 2.75) is 13.5 Å². The molecule has 2 aromatic heterocycles. The van der Waals surface area contributed by atoms with Gasteiger partial charge in [-0.2, -0.15) is 0 Å². The fourth-order valence-electron chi connectivity index (χ4n) is 4.87. The van der Waals surface area contributed by atoms with E-state index < -0.39 is 42.1 Å². The molecule has 18 nitrogen and oxygen atoms in total. The number of benzene rings is 1. The van der Waals surface area contributed by atoms with E-state index in [0.717, 1.165) is 14.9 Å². The first-order valence-corrected chi connectivity index (χ1v) is 17.4. The summed E-state index contributed by atoms with van der Waals surface area (Å²) in [7, 11) is 4.21. The molecule has 0 unspecified atom stereocenters. The van der Waals surface area contributed by atoms with E-state index in [1.54, 1.807) is 31.4 Å². The molecule has 0 fully saturated rings. The molecule has 0 aliphatic heterocycles. The lowest BCUT2D eigenvalue weighted by atomic mass is 10.2. The number of hydrogen-bond acceptors (Lipinski definition) is 14. The molecule has 0 aliphatic carbocycles. The topological polar surface area (TPSA) is 204 Å². The molecule has 2 amide bonds. The monoisotopic (exact) mass is 771 g/mol. The minimum absolute atomic E-state index is 0.0192. The Bertz CT molecular complexity index is 1810. The number of pyridine rings is 2. The van der Waals surface area contributed by atoms with Crippen LogP contribution < -0.4 is 36.1 Å². The zero-order chi connectivity index (χ0) is 40.0. The van der Waals surface area contributed by atoms with Gasteiger partial charge in [-0.25, -0.2) is 4.79 Å². The minimum Gasteiger partial charge on any atom is -0.478 e. The van der Waals surface area contributed by atoms with E-state index in [0.29, 0.717) is 52.7 Å². The Hall–Kier alpha value is -5.56. The van der Waals surface area contributed by atoms with Crippen LogP contribution in [0, 0.1) is 0 Å². The van der Waals surface area contributed by atoms with Crippen molar-refractivity contribution in [2.24, 2.45) is 7.05 Å². The summed E-state index contributed by atoms with van der Waals surface area (Å²) in [4.78, 5) is 82.4. The Balaban J connectivity index is 1.51. The second-order valence-electron chi connectivity index (χ2n) is 11.8. The third kappa shape index (κ3) is 15.0. The summed E-state index contributed by atoms with van der Waals surface area (Å²) in [5, 5.41) is 5.48. The van der Waals surface area contributed by atoms with Crippen molar-refractivity contribution in [3.63, 3.8) is 0 Å². The van der Waals surface area contributed by atoms with Crippen LogP contribution in [0.4, 0.5) is 0 Å². The average molecular weight is 772 g/mol. The smallest absolute Gasteiger partial charge is 0.358 e. The van der Waals surface area contributed by atoms with Gasteiger partial charge in [0.2, 0.25) is 0 Å². The minimum atomic E-state index is -0.794. The molecule has 0 spiro atoms. The highest BCUT2D eigenvalue weighted by Gasteiger charge is 2.19. The van der Waals surface area contributed by atoms with Crippen molar-refractivity contribution in [1.82, 2.24) is 24.8 Å². The standard InChI is InChI=1S/C37H49N5O13/c1-27(43)29-10-12-31(35(46)40(29)2)53-25-33(44)38-14-16-41(18-19-51-22-23-52-21-20-49-3)17-15-39-34(45)26-54-32-13-11-30(37(48)50-4)42(36(32)47)55-24-28-8-6-5-7-9-28/h5-13H,14-26H2,1-4H3,(H,38,44)(H,39,45). The Labute approximate surface area is 318 Å². The second kappa shape index (κ2) is 24.0. The fourth-order valence-corrected chi connectivity index (χ4v) is 4.87. The third-order valence-corrected chi connectivity index (χ3v) is 7.81. The van der Waals surface area contributed by atoms with E-state index in [4.69, 9.17) is 33.3 Å². The third-order valence-electron chi connectivity index (χ3n) is 7.81. The Kier molecular flexibility index (Phi) is 19.1. The summed E-state index contributed by atoms with van der Waals surface area (Å²) in [5.41, 5.74) is -0.512. The molecule has 55 heavy (non-hydrogen) atoms. The summed E-state index contributed by atoms with van der Waals surface area (Å²) in [6, 6.07) is 14.4. The molecule has 0 atom stereocenters. The molecule has 0 saturated heterocycles. The summed E-state index contributed by atoms with van der Waals surface area (Å²) < 4.78 is 33.6. The molecule has 1 aromatic carbocycles. The van der Waals surface area contributed by atoms with Crippen LogP contribution in [-0.2, 0) is 42.2 Å². The van der Waals surface area contributed by atoms with Crippen LogP contribution in [0.5, 0.6) is 11.5 Å². The molecular weight excluding hydrogens is 722 g/mol. The van der Waals surface area contributed by atoms with Crippen LogP contribution in [0.15, 0.2) is 64.2 Å². The van der Waals surface area contributed by atoms with Gasteiger partial charge in [0.05, 0.1) is 45.8 Å². The maximum absolute atomic E-state index is 13.2. The van der Waals surface area contributed by atoms with Gasteiger partial charge in [-0.15, -0.1) is 4.73 Å². The highest BCUT2D eigenvalue weighted by Crippen LogP contribution is 2.09. The Morgan fingerprint density at radius 2 is 1.25 bits per heavy atom. The highest BCUT2D eigenvalue weighted by atomic mass is 16.7. The van der Waals surface area contributed by atoms with Crippen molar-refractivity contribution in [2.75, 3.05) is 93.2 Å². The molecule has 0 aliphatic rings. The number of nitrogens with zero attached hydrogens (tertiary/aromatic N) is 3. The summed E-state index contributed by atoms with van der Waals surface area (Å²) in [6.45, 7) is 4.11. The second-order valence-corrected chi connectivity index (χ2v) is 11.8. The average Bonchev–Trinajstić information content (AvgIpc) is 3.18. The number of rotatable bonds is 26. The number of esters is 1. The number of aromatic nitrogens is 2. The lowest BCUT2D eigenvalue weighted by Gasteiger charge is -2.22. The van der Waals surface area contributed by atoms with E-state index >= 15 is 0 Å². The van der Waals surface area contributed by atoms with Gasteiger partial charge in [-0.05, 0) is 29.8 Å². The summed E-state index contributed by atoms with van der Waals surface area (Å²) >= 11 is 0. The van der Waals surface area contributed by atoms with Crippen molar-refractivity contribution in [3.05, 3.63) is 92.3 Å². The molecule has 3 rings (SSSR count). The van der Waals surface area contributed by atoms with Gasteiger partial charge in [0, 0.05) is 53.8 Å². The Morgan fingerprint density at radius 3 is 1.84 bits per heavy atom. The maximum Gasteiger partial charge on any atom is 0.358 e. The number of carbonyl (C=O) groups is 4. The number of Topliss-reactive ketones (excluding diaryl/α,β-unsaturated/α-hetero) is 1. The summed E-state index contributed by atoms with van der Waals surface area (Å²) in [6.07, 6.45) is 0. The number of amides is 2. The van der Waals surface area contributed by atoms with Crippen LogP contribution in [0.2, 0.25) is 0 Å². The van der Waals surface area contributed by atoms with Crippen LogP contribution in [0.25, 0.3) is 0 Å². The number of nitrogens with one attached hydrogen (secondary N) is 2. The van der Waals surface area contributed by atoms with E-state index in [2.05, 4.69) is 10.6 Å². The molecule has 0 radical (unpaired) electrons. The van der Waals surface area contributed by atoms with Gasteiger partial charge < -0.3 is 48.5 Å². The number of ketones is 1. The molecule has 0 saturated carbocycles. The SMILES string of the molecule is COCCOCCOCCN(CCNC(=O)COc1ccc(C(C)=O)n(C)c1=O)CCNC(=O)COc1ccc(C(=O)OC)n(OCc2ccccc2)c1=O. The zero-order valence-electron chi connectivity index (χ0n) is 31.5. The lowest BCUT2D eigenvalue weighted by molar-refractivity contribution is -0.123. The molecule has 18 heteroatoms. The van der Waals surface area contributed by atoms with E-state index in [-0.39, 0.29) is 48.4 Å². The van der Waals surface area contributed by atoms with Crippen molar-refractivity contribution in [1.29, 1.82) is 0 Å². The number of methoxy groups -OCH3 is 2. The van der Waals surface area contributed by atoms with Gasteiger partial charge in [-0.3, -0.25) is 28.9 Å². The zero-order valence-corrected chi connectivity index (χ0v) is 31.5. The first kappa shape index (κ1) is 43.8. The first-order valence-electron chi connectivity index (χ1n) is 17.4. The van der Waals surface area contributed by atoms with Crippen molar-refractivity contribution >= 4 is 23.6 Å². The van der Waals surface area contributed by atoms with Crippen LogP contribution in [0.1, 0.15) is 33.5 Å². The Morgan fingerprint density at radius 1 is 0.691 bits per heavy atom. The number of hydrogen-bond donors (Lipinski definition) is 2. The quantitative estimate of drug-likeness (QED) is 0.0619. The molecule has 2 heterocycles. The molecular formula is C37H49N5O13. The normalized spacial score (nSPS) is 10.9. The molecule has 3 aromatic rings. The molecule has 2 N–H and O–H groups in total. The number of ether oxygens (including phenoxy) is 6. The lowest BCUT2D eigenvalue weighted by Crippen LogP contribution is -2.42. The van der Waals surface area contributed by atoms with Crippen LogP contribution in [0.3, 0.4) is 0 Å². The molecule has 0 bridgehead atoms. The van der Waals surface area contributed by atoms with Gasteiger partial charge >= 0.3 is 11.5 Å². The predicted octanol–water partition coefficient (Wildman–Crippen LogP) is -0.163. The first-order chi connectivity index (χ1) is 26.5. The van der Waals surface area contributed by atoms with Gasteiger partial charge in [-0.1, -0.05) is 30.3 Å². The van der Waals surface area contributed by atoms with Gasteiger partial charge in [0.25, 0.3) is 17.4 Å². The van der Waals surface area contributed by atoms with E-state index in [1.165, 1.54) is 45.3 Å². The summed E-state index contributed by atoms with van der Waals surface area (Å²) in [5.74, 6) is -2.32. The van der Waals surface area contributed by atoms with Crippen LogP contribution >= 0.6 is 0 Å². The molecule has 300 valence electrons. The largest absolute Gasteiger partial charge is 0.478 e. The van der Waals surface area contributed by atoms with Crippen molar-refractivity contribution < 1.29 is 52.4 Å². The van der Waals surface area contributed by atoms with Crippen molar-refractivity contribution in [3.8, 4) is 11.5 Å². The predicted molar refractivity (Wildman–Crippen MR) is 197 cm³/mol. The number of carbonyl (C=O) groups excluding carboxylic acids is 4. The van der Waals surface area contributed by atoms with Gasteiger partial charge in [0.1, 0.15) is 6.61 Å². The maximum atomic E-state index is 13.2. The van der Waals surface area contributed by atoms with Crippen LogP contribution in [-0.4, -0.2) is 131 Å². The fraction of sp³-hybridized carbons (Fsp3) is 0.459. The van der Waals surface area contributed by atoms with Gasteiger partial charge in [0.15, 0.2) is 36.2 Å². The highest BCUT2D eigenvalue weighted by molar-refractivity contribution is 5.92.